The van der Waals surface area contributed by atoms with E-state index in [1.54, 1.807) is 20.8 Å². The van der Waals surface area contributed by atoms with Crippen molar-refractivity contribution in [2.45, 2.75) is 44.8 Å². The van der Waals surface area contributed by atoms with E-state index >= 15 is 0 Å². The maximum atomic E-state index is 12.0. The van der Waals surface area contributed by atoms with Crippen LogP contribution in [0, 0.1) is 17.2 Å². The topological polar surface area (TPSA) is 70.4 Å². The summed E-state index contributed by atoms with van der Waals surface area (Å²) in [6, 6.07) is 1.96. The Kier molecular flexibility index (Phi) is 2.42. The predicted molar refractivity (Wildman–Crippen MR) is 59.0 cm³/mol. The Balaban J connectivity index is 2.16. The Labute approximate surface area is 100 Å². The van der Waals surface area contributed by atoms with Crippen LogP contribution in [0.3, 0.4) is 0 Å². The molecule has 1 saturated heterocycles. The molecule has 1 unspecified atom stereocenters. The van der Waals surface area contributed by atoms with Crippen molar-refractivity contribution in [3.8, 4) is 6.07 Å². The molecule has 92 valence electrons. The third-order valence-corrected chi connectivity index (χ3v) is 3.15. The molecule has 0 aromatic carbocycles. The van der Waals surface area contributed by atoms with E-state index in [-0.39, 0.29) is 12.3 Å². The van der Waals surface area contributed by atoms with E-state index in [2.05, 4.69) is 0 Å². The van der Waals surface area contributed by atoms with Gasteiger partial charge in [0.2, 0.25) is 0 Å². The van der Waals surface area contributed by atoms with Gasteiger partial charge in [-0.2, -0.15) is 5.26 Å². The molecule has 0 aromatic rings. The molecule has 0 bridgehead atoms. The van der Waals surface area contributed by atoms with Crippen LogP contribution < -0.4 is 0 Å². The minimum absolute atomic E-state index is 0.120. The van der Waals surface area contributed by atoms with Crippen molar-refractivity contribution in [1.82, 2.24) is 4.90 Å². The molecule has 5 nitrogen and oxygen atoms in total. The maximum absolute atomic E-state index is 12.0. The highest BCUT2D eigenvalue weighted by Gasteiger charge is 2.63. The van der Waals surface area contributed by atoms with Gasteiger partial charge >= 0.3 is 6.09 Å². The number of ether oxygens (including phenoxy) is 1. The average molecular weight is 236 g/mol. The fraction of sp³-hybridized carbons (Fsp3) is 0.750. The zero-order valence-corrected chi connectivity index (χ0v) is 10.3. The van der Waals surface area contributed by atoms with Gasteiger partial charge in [0.1, 0.15) is 17.1 Å². The zero-order chi connectivity index (χ0) is 12.8. The van der Waals surface area contributed by atoms with Gasteiger partial charge in [-0.1, -0.05) is 0 Å². The molecule has 1 spiro atoms. The fourth-order valence-electron chi connectivity index (χ4n) is 2.20. The molecule has 5 heteroatoms. The van der Waals surface area contributed by atoms with Gasteiger partial charge in [0, 0.05) is 6.54 Å². The third-order valence-electron chi connectivity index (χ3n) is 3.15. The lowest BCUT2D eigenvalue weighted by Gasteiger charge is -2.27. The molecule has 1 saturated carbocycles. The number of nitriles is 1. The fourth-order valence-corrected chi connectivity index (χ4v) is 2.20. The summed E-state index contributed by atoms with van der Waals surface area (Å²) in [5.41, 5.74) is -1.30. The molecular formula is C12H16N2O3. The maximum Gasteiger partial charge on any atom is 0.411 e. The predicted octanol–water partition coefficient (Wildman–Crippen LogP) is 1.48. The van der Waals surface area contributed by atoms with Crippen LogP contribution in [-0.4, -0.2) is 34.5 Å². The highest BCUT2D eigenvalue weighted by Crippen LogP contribution is 2.49. The number of carbonyl (C=O) groups excluding carboxylic acids is 2. The minimum Gasteiger partial charge on any atom is -0.444 e. The molecule has 1 aliphatic carbocycles. The number of likely N-dealkylation sites (tertiary alicyclic amines) is 1. The Hall–Kier alpha value is -1.57. The number of nitrogens with zero attached hydrogens (tertiary/aromatic N) is 2. The van der Waals surface area contributed by atoms with Crippen LogP contribution in [0.5, 0.6) is 0 Å². The molecular weight excluding hydrogens is 220 g/mol. The van der Waals surface area contributed by atoms with Crippen LogP contribution in [0.4, 0.5) is 4.79 Å². The molecule has 0 aromatic heterocycles. The van der Waals surface area contributed by atoms with Gasteiger partial charge in [-0.25, -0.2) is 4.79 Å². The standard InChI is InChI=1S/C12H16N2O3/c1-11(2,3)17-10(16)14-7-8(6-13)9(15)12(14)4-5-12/h8H,4-5,7H2,1-3H3. The van der Waals surface area contributed by atoms with Crippen LogP contribution in [0.1, 0.15) is 33.6 Å². The number of carbonyl (C=O) groups is 2. The summed E-state index contributed by atoms with van der Waals surface area (Å²) in [5, 5.41) is 8.88. The Morgan fingerprint density at radius 1 is 1.53 bits per heavy atom. The van der Waals surface area contributed by atoms with Crippen molar-refractivity contribution >= 4 is 11.9 Å². The molecule has 2 rings (SSSR count). The highest BCUT2D eigenvalue weighted by atomic mass is 16.6. The number of hydrogen-bond donors (Lipinski definition) is 0. The van der Waals surface area contributed by atoms with Gasteiger partial charge < -0.3 is 4.74 Å². The lowest BCUT2D eigenvalue weighted by molar-refractivity contribution is -0.122. The van der Waals surface area contributed by atoms with Crippen LogP contribution in [-0.2, 0) is 9.53 Å². The molecule has 0 N–H and O–H groups in total. The normalized spacial score (nSPS) is 25.9. The van der Waals surface area contributed by atoms with E-state index in [0.717, 1.165) is 0 Å². The van der Waals surface area contributed by atoms with Crippen molar-refractivity contribution in [3.05, 3.63) is 0 Å². The molecule has 0 radical (unpaired) electrons. The van der Waals surface area contributed by atoms with Crippen LogP contribution in [0.15, 0.2) is 0 Å². The van der Waals surface area contributed by atoms with Crippen LogP contribution in [0.2, 0.25) is 0 Å². The van der Waals surface area contributed by atoms with E-state index in [1.165, 1.54) is 4.90 Å². The summed E-state index contributed by atoms with van der Waals surface area (Å²) in [4.78, 5) is 25.3. The summed E-state index contributed by atoms with van der Waals surface area (Å²) in [5.74, 6) is -0.809. The first-order chi connectivity index (χ1) is 7.80. The molecule has 1 heterocycles. The van der Waals surface area contributed by atoms with E-state index in [4.69, 9.17) is 10.00 Å². The van der Waals surface area contributed by atoms with Crippen molar-refractivity contribution < 1.29 is 14.3 Å². The SMILES string of the molecule is CC(C)(C)OC(=O)N1CC(C#N)C(=O)C12CC2. The Morgan fingerprint density at radius 2 is 2.12 bits per heavy atom. The average Bonchev–Trinajstić information content (AvgIpc) is 2.91. The zero-order valence-electron chi connectivity index (χ0n) is 10.3. The molecule has 1 aliphatic heterocycles. The number of hydrogen-bond acceptors (Lipinski definition) is 4. The van der Waals surface area contributed by atoms with Gasteiger partial charge in [0.05, 0.1) is 6.07 Å². The van der Waals surface area contributed by atoms with Gasteiger partial charge in [0.15, 0.2) is 5.78 Å². The first-order valence-corrected chi connectivity index (χ1v) is 5.75. The number of amides is 1. The second kappa shape index (κ2) is 3.46. The summed E-state index contributed by atoms with van der Waals surface area (Å²) in [6.07, 6.45) is 0.827. The van der Waals surface area contributed by atoms with Crippen LogP contribution in [0.25, 0.3) is 0 Å². The van der Waals surface area contributed by atoms with Gasteiger partial charge in [0.25, 0.3) is 0 Å². The second-order valence-corrected chi connectivity index (χ2v) is 5.67. The van der Waals surface area contributed by atoms with Crippen molar-refractivity contribution in [1.29, 1.82) is 5.26 Å². The number of Topliss-reactive ketones (excluding diaryl/α,β-unsaturated/α-hetero) is 1. The van der Waals surface area contributed by atoms with Crippen molar-refractivity contribution in [2.24, 2.45) is 5.92 Å². The van der Waals surface area contributed by atoms with E-state index < -0.39 is 23.2 Å². The van der Waals surface area contributed by atoms with E-state index in [9.17, 15) is 9.59 Å². The molecule has 2 fully saturated rings. The highest BCUT2D eigenvalue weighted by molar-refractivity contribution is 6.00. The monoisotopic (exact) mass is 236 g/mol. The largest absolute Gasteiger partial charge is 0.444 e. The van der Waals surface area contributed by atoms with E-state index in [1.807, 2.05) is 6.07 Å². The first-order valence-electron chi connectivity index (χ1n) is 5.75. The van der Waals surface area contributed by atoms with Crippen molar-refractivity contribution in [2.75, 3.05) is 6.54 Å². The summed E-state index contributed by atoms with van der Waals surface area (Å²) in [6.45, 7) is 5.52. The molecule has 17 heavy (non-hydrogen) atoms. The van der Waals surface area contributed by atoms with Gasteiger partial charge in [-0.3, -0.25) is 9.69 Å². The molecule has 1 atom stereocenters. The lowest BCUT2D eigenvalue weighted by Crippen LogP contribution is -2.43. The Morgan fingerprint density at radius 3 is 2.53 bits per heavy atom. The quantitative estimate of drug-likeness (QED) is 0.638. The smallest absolute Gasteiger partial charge is 0.411 e. The van der Waals surface area contributed by atoms with Gasteiger partial charge in [-0.05, 0) is 33.6 Å². The Bertz CT molecular complexity index is 412. The summed E-state index contributed by atoms with van der Waals surface area (Å²) in [7, 11) is 0. The molecule has 2 aliphatic rings. The number of ketones is 1. The van der Waals surface area contributed by atoms with E-state index in [0.29, 0.717) is 12.8 Å². The first kappa shape index (κ1) is 11.9. The third kappa shape index (κ3) is 1.88. The summed E-state index contributed by atoms with van der Waals surface area (Å²) < 4.78 is 5.26. The van der Waals surface area contributed by atoms with Crippen LogP contribution >= 0.6 is 0 Å². The molecule has 1 amide bonds. The number of rotatable bonds is 0. The van der Waals surface area contributed by atoms with Crippen molar-refractivity contribution in [3.63, 3.8) is 0 Å². The minimum atomic E-state index is -0.720. The second-order valence-electron chi connectivity index (χ2n) is 5.67. The lowest BCUT2D eigenvalue weighted by atomic mass is 10.0. The summed E-state index contributed by atoms with van der Waals surface area (Å²) >= 11 is 0. The van der Waals surface area contributed by atoms with Gasteiger partial charge in [-0.15, -0.1) is 0 Å².